The molecule has 220 valence electrons. The van der Waals surface area contributed by atoms with Gasteiger partial charge in [0.2, 0.25) is 5.88 Å². The Morgan fingerprint density at radius 2 is 1.93 bits per heavy atom. The van der Waals surface area contributed by atoms with E-state index in [2.05, 4.69) is 21.6 Å². The minimum Gasteiger partial charge on any atom is -0.478 e. The molecule has 4 aromatic rings. The highest BCUT2D eigenvalue weighted by atomic mass is 16.5. The van der Waals surface area contributed by atoms with Gasteiger partial charge in [-0.25, -0.2) is 14.8 Å². The highest BCUT2D eigenvalue weighted by Gasteiger charge is 2.27. The van der Waals surface area contributed by atoms with Crippen molar-refractivity contribution in [3.8, 4) is 11.9 Å². The molecule has 2 saturated heterocycles. The smallest absolute Gasteiger partial charge is 0.335 e. The number of nitriles is 1. The molecule has 3 aliphatic rings. The number of fused-ring (bicyclic) bond motifs is 2. The lowest BCUT2D eigenvalue weighted by Gasteiger charge is -2.32. The van der Waals surface area contributed by atoms with Crippen LogP contribution in [-0.4, -0.2) is 56.3 Å². The van der Waals surface area contributed by atoms with E-state index in [9.17, 15) is 15.2 Å². The third-order valence-electron chi connectivity index (χ3n) is 9.16. The third kappa shape index (κ3) is 5.73. The zero-order chi connectivity index (χ0) is 29.3. The van der Waals surface area contributed by atoms with Crippen LogP contribution in [0, 0.1) is 11.3 Å². The van der Waals surface area contributed by atoms with E-state index < -0.39 is 5.97 Å². The maximum absolute atomic E-state index is 11.6. The summed E-state index contributed by atoms with van der Waals surface area (Å²) in [6.45, 7) is 4.03. The zero-order valence-corrected chi connectivity index (χ0v) is 24.1. The molecular formula is C34H35N5O4. The molecule has 43 heavy (non-hydrogen) atoms. The maximum Gasteiger partial charge on any atom is 0.335 e. The van der Waals surface area contributed by atoms with E-state index >= 15 is 0 Å². The number of likely N-dealkylation sites (tertiary alicyclic amines) is 1. The summed E-state index contributed by atoms with van der Waals surface area (Å²) in [4.78, 5) is 23.9. The molecule has 9 heteroatoms. The zero-order valence-electron chi connectivity index (χ0n) is 24.1. The molecule has 2 aliphatic heterocycles. The largest absolute Gasteiger partial charge is 0.478 e. The molecule has 2 atom stereocenters. The summed E-state index contributed by atoms with van der Waals surface area (Å²) in [7, 11) is 0. The summed E-state index contributed by atoms with van der Waals surface area (Å²) in [5.74, 6) is 1.04. The second-order valence-electron chi connectivity index (χ2n) is 11.9. The van der Waals surface area contributed by atoms with Gasteiger partial charge in [-0.05, 0) is 99.1 Å². The van der Waals surface area contributed by atoms with Crippen molar-refractivity contribution in [2.75, 3.05) is 19.7 Å². The van der Waals surface area contributed by atoms with Crippen LogP contribution in [-0.2, 0) is 24.2 Å². The summed E-state index contributed by atoms with van der Waals surface area (Å²) < 4.78 is 14.3. The number of carboxylic acid groups (broad SMARTS) is 1. The molecule has 1 unspecified atom stereocenters. The topological polar surface area (TPSA) is 114 Å². The Balaban J connectivity index is 1.02. The standard InChI is InChI=1S/C34H35N5O4/c35-19-22-7-9-27-24(17-22)3-1-5-31(27)43-33-6-2-4-28(37-33)23-11-14-38(15-12-23)21-32-36-29-10-8-25(34(40)41)18-30(29)39(32)20-26-13-16-42-26/h2,4,6-10,17-18,23,26,31H,1,3,5,11-16,20-21H2,(H,40,41)/t26?,31-/m1/s1. The Kier molecular flexibility index (Phi) is 7.56. The van der Waals surface area contributed by atoms with Crippen LogP contribution in [0.3, 0.4) is 0 Å². The minimum absolute atomic E-state index is 0.0442. The van der Waals surface area contributed by atoms with Crippen molar-refractivity contribution in [2.45, 2.75) is 69.7 Å². The van der Waals surface area contributed by atoms with Gasteiger partial charge < -0.3 is 19.1 Å². The second kappa shape index (κ2) is 11.8. The van der Waals surface area contributed by atoms with Gasteiger partial charge in [0.1, 0.15) is 11.9 Å². The summed E-state index contributed by atoms with van der Waals surface area (Å²) in [6, 6.07) is 19.4. The van der Waals surface area contributed by atoms with Gasteiger partial charge >= 0.3 is 5.97 Å². The second-order valence-corrected chi connectivity index (χ2v) is 11.9. The third-order valence-corrected chi connectivity index (χ3v) is 9.16. The van der Waals surface area contributed by atoms with Gasteiger partial charge in [0.05, 0.1) is 47.4 Å². The van der Waals surface area contributed by atoms with Crippen LogP contribution in [0.5, 0.6) is 5.88 Å². The van der Waals surface area contributed by atoms with Crippen molar-refractivity contribution in [2.24, 2.45) is 0 Å². The van der Waals surface area contributed by atoms with Crippen molar-refractivity contribution < 1.29 is 19.4 Å². The molecule has 0 spiro atoms. The number of ether oxygens (including phenoxy) is 2. The van der Waals surface area contributed by atoms with Crippen LogP contribution >= 0.6 is 0 Å². The Labute approximate surface area is 250 Å². The fourth-order valence-electron chi connectivity index (χ4n) is 6.68. The first kappa shape index (κ1) is 27.6. The average Bonchev–Trinajstić information content (AvgIpc) is 3.35. The van der Waals surface area contributed by atoms with E-state index in [4.69, 9.17) is 19.4 Å². The van der Waals surface area contributed by atoms with Gasteiger partial charge in [-0.1, -0.05) is 12.1 Å². The number of benzene rings is 2. The number of rotatable bonds is 8. The van der Waals surface area contributed by atoms with Crippen molar-refractivity contribution in [1.82, 2.24) is 19.4 Å². The van der Waals surface area contributed by atoms with Gasteiger partial charge in [-0.15, -0.1) is 0 Å². The number of hydrogen-bond acceptors (Lipinski definition) is 7. The van der Waals surface area contributed by atoms with Crippen LogP contribution in [0.2, 0.25) is 0 Å². The average molecular weight is 578 g/mol. The Hall–Kier alpha value is -4.26. The minimum atomic E-state index is -0.931. The van der Waals surface area contributed by atoms with Crippen LogP contribution in [0.15, 0.2) is 54.6 Å². The molecule has 0 saturated carbocycles. The molecule has 4 heterocycles. The van der Waals surface area contributed by atoms with Crippen molar-refractivity contribution >= 4 is 17.0 Å². The molecule has 0 radical (unpaired) electrons. The Bertz CT molecular complexity index is 1700. The van der Waals surface area contributed by atoms with E-state index in [0.717, 1.165) is 80.8 Å². The summed E-state index contributed by atoms with van der Waals surface area (Å²) in [5.41, 5.74) is 6.09. The molecule has 2 aromatic heterocycles. The summed E-state index contributed by atoms with van der Waals surface area (Å²) >= 11 is 0. The SMILES string of the molecule is N#Cc1ccc2c(c1)CCC[C@H]2Oc1cccc(C2CCN(Cc3nc4ccc(C(=O)O)cc4n3CC3CCO3)CC2)n1. The predicted octanol–water partition coefficient (Wildman–Crippen LogP) is 5.63. The van der Waals surface area contributed by atoms with Crippen LogP contribution in [0.25, 0.3) is 11.0 Å². The van der Waals surface area contributed by atoms with Crippen molar-refractivity contribution in [1.29, 1.82) is 5.26 Å². The highest BCUT2D eigenvalue weighted by molar-refractivity contribution is 5.92. The number of carboxylic acids is 1. The molecule has 1 aliphatic carbocycles. The molecule has 7 rings (SSSR count). The van der Waals surface area contributed by atoms with E-state index in [1.807, 2.05) is 36.4 Å². The van der Waals surface area contributed by atoms with Crippen molar-refractivity contribution in [3.05, 3.63) is 88.4 Å². The van der Waals surface area contributed by atoms with E-state index in [1.165, 1.54) is 11.1 Å². The van der Waals surface area contributed by atoms with Gasteiger partial charge in [-0.2, -0.15) is 5.26 Å². The van der Waals surface area contributed by atoms with Gasteiger partial charge in [0.25, 0.3) is 0 Å². The van der Waals surface area contributed by atoms with E-state index in [-0.39, 0.29) is 17.8 Å². The number of piperidine rings is 1. The van der Waals surface area contributed by atoms with Gasteiger partial charge in [-0.3, -0.25) is 4.90 Å². The first-order valence-corrected chi connectivity index (χ1v) is 15.3. The lowest BCUT2D eigenvalue weighted by Crippen LogP contribution is -2.35. The number of pyridine rings is 1. The normalized spacial score (nSPS) is 20.7. The maximum atomic E-state index is 11.6. The molecule has 2 fully saturated rings. The van der Waals surface area contributed by atoms with Gasteiger partial charge in [0.15, 0.2) is 0 Å². The number of aryl methyl sites for hydroxylation is 1. The number of imidazole rings is 1. The fourth-order valence-corrected chi connectivity index (χ4v) is 6.68. The molecule has 0 bridgehead atoms. The molecule has 0 amide bonds. The van der Waals surface area contributed by atoms with Crippen LogP contribution in [0.4, 0.5) is 0 Å². The Morgan fingerprint density at radius 1 is 1.07 bits per heavy atom. The predicted molar refractivity (Wildman–Crippen MR) is 160 cm³/mol. The van der Waals surface area contributed by atoms with Crippen LogP contribution < -0.4 is 4.74 Å². The summed E-state index contributed by atoms with van der Waals surface area (Å²) in [5, 5.41) is 18.8. The lowest BCUT2D eigenvalue weighted by molar-refractivity contribution is -0.0592. The summed E-state index contributed by atoms with van der Waals surface area (Å²) in [6.07, 6.45) is 6.05. The first-order valence-electron chi connectivity index (χ1n) is 15.3. The van der Waals surface area contributed by atoms with Gasteiger partial charge in [0, 0.05) is 24.3 Å². The molecule has 9 nitrogen and oxygen atoms in total. The van der Waals surface area contributed by atoms with E-state index in [0.29, 0.717) is 30.5 Å². The lowest BCUT2D eigenvalue weighted by atomic mass is 9.88. The molecular weight excluding hydrogens is 542 g/mol. The number of carbonyl (C=O) groups is 1. The quantitative estimate of drug-likeness (QED) is 0.287. The Morgan fingerprint density at radius 3 is 2.70 bits per heavy atom. The highest BCUT2D eigenvalue weighted by Crippen LogP contribution is 2.35. The number of nitrogens with zero attached hydrogens (tertiary/aromatic N) is 5. The number of hydrogen-bond donors (Lipinski definition) is 1. The fraction of sp³-hybridized carbons (Fsp3) is 0.412. The monoisotopic (exact) mass is 577 g/mol. The molecule has 2 aromatic carbocycles. The number of aromatic nitrogens is 3. The molecule has 1 N–H and O–H groups in total. The first-order chi connectivity index (χ1) is 21.0. The van der Waals surface area contributed by atoms with E-state index in [1.54, 1.807) is 12.1 Å². The van der Waals surface area contributed by atoms with Crippen LogP contribution in [0.1, 0.15) is 82.7 Å². The number of aromatic carboxylic acids is 1. The van der Waals surface area contributed by atoms with Crippen molar-refractivity contribution in [3.63, 3.8) is 0 Å².